The van der Waals surface area contributed by atoms with E-state index in [-0.39, 0.29) is 11.5 Å². The highest BCUT2D eigenvalue weighted by atomic mass is 32.2. The topological polar surface area (TPSA) is 102 Å². The second kappa shape index (κ2) is 9.99. The molecule has 1 N–H and O–H groups in total. The Labute approximate surface area is 166 Å². The maximum Gasteiger partial charge on any atom is 0.332 e. The third kappa shape index (κ3) is 6.29. The second-order valence-corrected chi connectivity index (χ2v) is 9.08. The zero-order valence-electron chi connectivity index (χ0n) is 16.5. The number of ether oxygens (including phenoxy) is 2. The average Bonchev–Trinajstić information content (AvgIpc) is 2.64. The molecule has 156 valence electrons. The highest BCUT2D eigenvalue weighted by molar-refractivity contribution is 7.89. The lowest BCUT2D eigenvalue weighted by molar-refractivity contribution is -0.151. The van der Waals surface area contributed by atoms with Gasteiger partial charge < -0.3 is 14.8 Å². The molecule has 0 radical (unpaired) electrons. The van der Waals surface area contributed by atoms with E-state index in [2.05, 4.69) is 19.2 Å². The molecule has 1 fully saturated rings. The Morgan fingerprint density at radius 2 is 1.71 bits per heavy atom. The fraction of sp³-hybridized carbons (Fsp3) is 0.579. The van der Waals surface area contributed by atoms with Gasteiger partial charge in [0.1, 0.15) is 6.61 Å². The Kier molecular flexibility index (Phi) is 7.97. The molecule has 1 aromatic carbocycles. The van der Waals surface area contributed by atoms with Crippen molar-refractivity contribution in [2.75, 3.05) is 38.2 Å². The minimum Gasteiger partial charge on any atom is -0.454 e. The Morgan fingerprint density at radius 1 is 1.11 bits per heavy atom. The summed E-state index contributed by atoms with van der Waals surface area (Å²) in [5.74, 6) is -0.493. The van der Waals surface area contributed by atoms with Crippen LogP contribution in [0.3, 0.4) is 0 Å². The molecule has 2 atom stereocenters. The lowest BCUT2D eigenvalue weighted by Crippen LogP contribution is -2.42. The molecule has 0 unspecified atom stereocenters. The Bertz CT molecular complexity index is 768. The zero-order valence-corrected chi connectivity index (χ0v) is 17.3. The first-order valence-electron chi connectivity index (χ1n) is 9.35. The molecule has 0 aliphatic carbocycles. The van der Waals surface area contributed by atoms with Gasteiger partial charge >= 0.3 is 5.97 Å². The van der Waals surface area contributed by atoms with Crippen LogP contribution in [0.5, 0.6) is 0 Å². The van der Waals surface area contributed by atoms with Crippen LogP contribution in [0, 0.1) is 11.8 Å². The summed E-state index contributed by atoms with van der Waals surface area (Å²) in [4.78, 5) is 23.3. The lowest BCUT2D eigenvalue weighted by atomic mass is 9.94. The highest BCUT2D eigenvalue weighted by Gasteiger charge is 2.31. The van der Waals surface area contributed by atoms with Crippen LogP contribution in [0.25, 0.3) is 0 Å². The first kappa shape index (κ1) is 22.3. The number of sulfonamides is 1. The van der Waals surface area contributed by atoms with Gasteiger partial charge in [-0.2, -0.15) is 4.31 Å². The fourth-order valence-electron chi connectivity index (χ4n) is 3.23. The van der Waals surface area contributed by atoms with Crippen LogP contribution in [0.4, 0.5) is 5.69 Å². The van der Waals surface area contributed by atoms with E-state index in [9.17, 15) is 18.0 Å². The van der Waals surface area contributed by atoms with Crippen LogP contribution in [0.2, 0.25) is 0 Å². The van der Waals surface area contributed by atoms with Gasteiger partial charge in [0.05, 0.1) is 4.90 Å². The van der Waals surface area contributed by atoms with Crippen LogP contribution >= 0.6 is 0 Å². The predicted octanol–water partition coefficient (Wildman–Crippen LogP) is 1.87. The molecule has 2 rings (SSSR count). The molecule has 9 heteroatoms. The molecule has 1 aliphatic rings. The van der Waals surface area contributed by atoms with Crippen molar-refractivity contribution in [2.45, 2.75) is 32.1 Å². The van der Waals surface area contributed by atoms with Crippen molar-refractivity contribution in [3.05, 3.63) is 24.3 Å². The molecule has 8 nitrogen and oxygen atoms in total. The third-order valence-corrected chi connectivity index (χ3v) is 6.25. The number of nitrogens with one attached hydrogen (secondary N) is 1. The first-order chi connectivity index (χ1) is 13.2. The number of carbonyl (C=O) groups is 2. The van der Waals surface area contributed by atoms with Gasteiger partial charge in [-0.15, -0.1) is 0 Å². The molecular formula is C19H28N2O6S. The highest BCUT2D eigenvalue weighted by Crippen LogP contribution is 2.27. The Balaban J connectivity index is 1.93. The summed E-state index contributed by atoms with van der Waals surface area (Å²) in [5.41, 5.74) is 0.421. The number of nitrogens with zero attached hydrogens (tertiary/aromatic N) is 1. The van der Waals surface area contributed by atoms with Gasteiger partial charge in [0.15, 0.2) is 6.61 Å². The van der Waals surface area contributed by atoms with Crippen molar-refractivity contribution in [2.24, 2.45) is 11.8 Å². The van der Waals surface area contributed by atoms with E-state index in [0.29, 0.717) is 37.2 Å². The van der Waals surface area contributed by atoms with Gasteiger partial charge in [-0.3, -0.25) is 4.79 Å². The molecule has 1 aromatic rings. The van der Waals surface area contributed by atoms with Gasteiger partial charge in [-0.25, -0.2) is 13.2 Å². The summed E-state index contributed by atoms with van der Waals surface area (Å²) in [7, 11) is -3.57. The van der Waals surface area contributed by atoms with Gasteiger partial charge in [-0.05, 0) is 49.4 Å². The zero-order chi connectivity index (χ0) is 20.7. The number of hydrogen-bond donors (Lipinski definition) is 1. The van der Waals surface area contributed by atoms with E-state index in [1.54, 1.807) is 6.92 Å². The molecule has 0 saturated carbocycles. The van der Waals surface area contributed by atoms with Crippen molar-refractivity contribution < 1.29 is 27.5 Å². The summed E-state index contributed by atoms with van der Waals surface area (Å²) in [6.45, 7) is 6.62. The maximum absolute atomic E-state index is 12.8. The molecule has 1 heterocycles. The van der Waals surface area contributed by atoms with E-state index in [4.69, 9.17) is 9.47 Å². The van der Waals surface area contributed by atoms with E-state index in [1.807, 2.05) is 0 Å². The number of anilines is 1. The predicted molar refractivity (Wildman–Crippen MR) is 104 cm³/mol. The second-order valence-electron chi connectivity index (χ2n) is 7.14. The molecule has 0 aromatic heterocycles. The number of benzene rings is 1. The van der Waals surface area contributed by atoms with E-state index < -0.39 is 28.5 Å². The largest absolute Gasteiger partial charge is 0.454 e. The number of esters is 1. The van der Waals surface area contributed by atoms with Crippen LogP contribution in [0.1, 0.15) is 27.2 Å². The summed E-state index contributed by atoms with van der Waals surface area (Å²) in [5, 5.41) is 2.56. The summed E-state index contributed by atoms with van der Waals surface area (Å²) >= 11 is 0. The van der Waals surface area contributed by atoms with Crippen molar-refractivity contribution in [1.82, 2.24) is 4.31 Å². The first-order valence-corrected chi connectivity index (χ1v) is 10.8. The molecule has 1 amide bonds. The average molecular weight is 413 g/mol. The number of piperidine rings is 1. The molecule has 28 heavy (non-hydrogen) atoms. The van der Waals surface area contributed by atoms with Gasteiger partial charge in [0, 0.05) is 25.4 Å². The van der Waals surface area contributed by atoms with Crippen LogP contribution < -0.4 is 5.32 Å². The van der Waals surface area contributed by atoms with Crippen molar-refractivity contribution >= 4 is 27.6 Å². The van der Waals surface area contributed by atoms with Crippen LogP contribution in [0.15, 0.2) is 29.2 Å². The third-order valence-electron chi connectivity index (χ3n) is 4.40. The van der Waals surface area contributed by atoms with E-state index in [0.717, 1.165) is 6.42 Å². The van der Waals surface area contributed by atoms with Crippen LogP contribution in [-0.2, 0) is 29.1 Å². The minimum atomic E-state index is -3.57. The van der Waals surface area contributed by atoms with Gasteiger partial charge in [-0.1, -0.05) is 13.8 Å². The number of rotatable bonds is 8. The lowest BCUT2D eigenvalue weighted by Gasteiger charge is -2.34. The van der Waals surface area contributed by atoms with Crippen molar-refractivity contribution in [3.8, 4) is 0 Å². The Hall–Kier alpha value is -1.97. The van der Waals surface area contributed by atoms with Gasteiger partial charge in [0.2, 0.25) is 10.0 Å². The maximum atomic E-state index is 12.8. The smallest absolute Gasteiger partial charge is 0.332 e. The standard InChI is InChI=1S/C19H28N2O6S/c1-4-26-13-19(23)27-12-18(22)20-16-5-7-17(8-6-16)28(24,25)21-10-14(2)9-15(3)11-21/h5-8,14-15H,4,9-13H2,1-3H3,(H,20,22)/t14-,15+. The molecule has 0 bridgehead atoms. The van der Waals surface area contributed by atoms with Crippen molar-refractivity contribution in [3.63, 3.8) is 0 Å². The summed E-state index contributed by atoms with van der Waals surface area (Å²) in [6, 6.07) is 5.97. The molecule has 1 saturated heterocycles. The fourth-order valence-corrected chi connectivity index (χ4v) is 4.91. The van der Waals surface area contributed by atoms with Gasteiger partial charge in [0.25, 0.3) is 5.91 Å². The number of hydrogen-bond acceptors (Lipinski definition) is 6. The summed E-state index contributed by atoms with van der Waals surface area (Å²) in [6.07, 6.45) is 1.02. The quantitative estimate of drug-likeness (QED) is 0.654. The molecular weight excluding hydrogens is 384 g/mol. The minimum absolute atomic E-state index is 0.190. The number of carbonyl (C=O) groups excluding carboxylic acids is 2. The SMILES string of the molecule is CCOCC(=O)OCC(=O)Nc1ccc(S(=O)(=O)N2C[C@H](C)C[C@H](C)C2)cc1. The van der Waals surface area contributed by atoms with E-state index in [1.165, 1.54) is 28.6 Å². The molecule has 1 aliphatic heterocycles. The van der Waals surface area contributed by atoms with E-state index >= 15 is 0 Å². The number of amides is 1. The normalized spacial score (nSPS) is 20.5. The monoisotopic (exact) mass is 412 g/mol. The van der Waals surface area contributed by atoms with Crippen LogP contribution in [-0.4, -0.2) is 57.5 Å². The summed E-state index contributed by atoms with van der Waals surface area (Å²) < 4.78 is 36.9. The Morgan fingerprint density at radius 3 is 2.29 bits per heavy atom. The van der Waals surface area contributed by atoms with Crippen molar-refractivity contribution in [1.29, 1.82) is 0 Å². The molecule has 0 spiro atoms.